The van der Waals surface area contributed by atoms with E-state index in [2.05, 4.69) is 55.5 Å². The molecule has 0 amide bonds. The minimum absolute atomic E-state index is 0.705. The molecule has 1 aromatic heterocycles. The Balaban J connectivity index is 1.12. The molecular weight excluding hydrogens is 348 g/mol. The number of anilines is 1. The highest BCUT2D eigenvalue weighted by atomic mass is 15.6. The van der Waals surface area contributed by atoms with E-state index in [1.165, 1.54) is 25.1 Å². The standard InChI is InChI=1S/C22H28N6/c1-4-10-20(11-5-1)22-23-25-28(24-22)15-9-3-8-14-26-16-18-27(19-17-26)21-12-6-2-7-13-21/h1-2,4-7,10-13H,3,8-9,14-19H2. The van der Waals surface area contributed by atoms with E-state index in [0.717, 1.165) is 44.7 Å². The van der Waals surface area contributed by atoms with Gasteiger partial charge < -0.3 is 4.90 Å². The Bertz CT molecular complexity index is 825. The second-order valence-electron chi connectivity index (χ2n) is 7.30. The predicted molar refractivity (Wildman–Crippen MR) is 112 cm³/mol. The van der Waals surface area contributed by atoms with Crippen molar-refractivity contribution >= 4 is 5.69 Å². The van der Waals surface area contributed by atoms with Crippen LogP contribution in [0.25, 0.3) is 11.4 Å². The van der Waals surface area contributed by atoms with Gasteiger partial charge in [0.2, 0.25) is 5.82 Å². The second kappa shape index (κ2) is 9.46. The Morgan fingerprint density at radius 3 is 2.14 bits per heavy atom. The molecule has 4 rings (SSSR count). The Morgan fingerprint density at radius 2 is 1.39 bits per heavy atom. The number of hydrogen-bond donors (Lipinski definition) is 0. The summed E-state index contributed by atoms with van der Waals surface area (Å²) in [5, 5.41) is 12.8. The van der Waals surface area contributed by atoms with Gasteiger partial charge in [-0.25, -0.2) is 0 Å². The maximum Gasteiger partial charge on any atom is 0.204 e. The van der Waals surface area contributed by atoms with Gasteiger partial charge in [-0.15, -0.1) is 10.2 Å². The van der Waals surface area contributed by atoms with Crippen LogP contribution in [0.15, 0.2) is 60.7 Å². The first-order valence-corrected chi connectivity index (χ1v) is 10.2. The van der Waals surface area contributed by atoms with Crippen LogP contribution in [-0.2, 0) is 6.54 Å². The first-order valence-electron chi connectivity index (χ1n) is 10.2. The summed E-state index contributed by atoms with van der Waals surface area (Å²) in [7, 11) is 0. The lowest BCUT2D eigenvalue weighted by molar-refractivity contribution is 0.251. The number of nitrogens with zero attached hydrogens (tertiary/aromatic N) is 6. The van der Waals surface area contributed by atoms with Crippen molar-refractivity contribution in [1.82, 2.24) is 25.1 Å². The van der Waals surface area contributed by atoms with Gasteiger partial charge in [-0.2, -0.15) is 4.80 Å². The molecule has 2 aromatic carbocycles. The molecule has 6 heteroatoms. The lowest BCUT2D eigenvalue weighted by atomic mass is 10.2. The largest absolute Gasteiger partial charge is 0.369 e. The van der Waals surface area contributed by atoms with Crippen LogP contribution in [0.4, 0.5) is 5.69 Å². The van der Waals surface area contributed by atoms with Gasteiger partial charge in [-0.1, -0.05) is 55.0 Å². The lowest BCUT2D eigenvalue weighted by Crippen LogP contribution is -2.46. The van der Waals surface area contributed by atoms with Crippen LogP contribution in [0.2, 0.25) is 0 Å². The Labute approximate surface area is 166 Å². The Hall–Kier alpha value is -2.73. The normalized spacial score (nSPS) is 15.1. The number of para-hydroxylation sites is 1. The van der Waals surface area contributed by atoms with Crippen LogP contribution >= 0.6 is 0 Å². The van der Waals surface area contributed by atoms with Crippen LogP contribution in [0, 0.1) is 0 Å². The molecule has 0 radical (unpaired) electrons. The lowest BCUT2D eigenvalue weighted by Gasteiger charge is -2.36. The maximum absolute atomic E-state index is 4.48. The van der Waals surface area contributed by atoms with E-state index < -0.39 is 0 Å². The number of aromatic nitrogens is 4. The highest BCUT2D eigenvalue weighted by Crippen LogP contribution is 2.16. The monoisotopic (exact) mass is 376 g/mol. The first-order chi connectivity index (χ1) is 13.9. The first kappa shape index (κ1) is 18.6. The quantitative estimate of drug-likeness (QED) is 0.565. The van der Waals surface area contributed by atoms with Crippen LogP contribution < -0.4 is 4.90 Å². The SMILES string of the molecule is c1ccc(-c2nnn(CCCCCN3CCN(c4ccccc4)CC3)n2)cc1. The van der Waals surface area contributed by atoms with E-state index in [0.29, 0.717) is 5.82 Å². The van der Waals surface area contributed by atoms with Crippen molar-refractivity contribution in [3.63, 3.8) is 0 Å². The summed E-state index contributed by atoms with van der Waals surface area (Å²) in [4.78, 5) is 6.79. The summed E-state index contributed by atoms with van der Waals surface area (Å²) in [6.45, 7) is 6.56. The van der Waals surface area contributed by atoms with Crippen molar-refractivity contribution in [1.29, 1.82) is 0 Å². The van der Waals surface area contributed by atoms with Crippen molar-refractivity contribution in [2.45, 2.75) is 25.8 Å². The molecule has 0 spiro atoms. The highest BCUT2D eigenvalue weighted by Gasteiger charge is 2.16. The summed E-state index contributed by atoms with van der Waals surface area (Å²) in [6, 6.07) is 20.7. The molecule has 0 N–H and O–H groups in total. The smallest absolute Gasteiger partial charge is 0.204 e. The average molecular weight is 377 g/mol. The molecule has 1 fully saturated rings. The summed E-state index contributed by atoms with van der Waals surface area (Å²) in [6.07, 6.45) is 3.52. The molecule has 0 atom stereocenters. The van der Waals surface area contributed by atoms with E-state index in [-0.39, 0.29) is 0 Å². The van der Waals surface area contributed by atoms with Crippen molar-refractivity contribution in [2.75, 3.05) is 37.6 Å². The fraction of sp³-hybridized carbons (Fsp3) is 0.409. The predicted octanol–water partition coefficient (Wildman–Crippen LogP) is 3.33. The molecule has 1 saturated heterocycles. The Kier molecular flexibility index (Phi) is 6.29. The van der Waals surface area contributed by atoms with Gasteiger partial charge in [-0.05, 0) is 36.7 Å². The van der Waals surface area contributed by atoms with Crippen LogP contribution in [-0.4, -0.2) is 57.8 Å². The zero-order valence-electron chi connectivity index (χ0n) is 16.3. The van der Waals surface area contributed by atoms with Gasteiger partial charge in [0.15, 0.2) is 0 Å². The summed E-state index contributed by atoms with van der Waals surface area (Å²) in [5.74, 6) is 0.705. The van der Waals surface area contributed by atoms with Crippen LogP contribution in [0.3, 0.4) is 0 Å². The molecule has 0 unspecified atom stereocenters. The number of rotatable bonds is 8. The fourth-order valence-corrected chi connectivity index (χ4v) is 3.67. The fourth-order valence-electron chi connectivity index (χ4n) is 3.67. The van der Waals surface area contributed by atoms with Crippen molar-refractivity contribution in [3.8, 4) is 11.4 Å². The van der Waals surface area contributed by atoms with Crippen molar-refractivity contribution in [3.05, 3.63) is 60.7 Å². The topological polar surface area (TPSA) is 50.1 Å². The molecule has 0 bridgehead atoms. The zero-order valence-corrected chi connectivity index (χ0v) is 16.3. The maximum atomic E-state index is 4.48. The zero-order chi connectivity index (χ0) is 19.0. The van der Waals surface area contributed by atoms with E-state index in [1.54, 1.807) is 4.80 Å². The van der Waals surface area contributed by atoms with E-state index in [9.17, 15) is 0 Å². The number of hydrogen-bond acceptors (Lipinski definition) is 5. The third-order valence-electron chi connectivity index (χ3n) is 5.31. The van der Waals surface area contributed by atoms with Gasteiger partial charge in [0.1, 0.15) is 0 Å². The summed E-state index contributed by atoms with van der Waals surface area (Å²) in [5.41, 5.74) is 2.36. The molecule has 0 aliphatic carbocycles. The van der Waals surface area contributed by atoms with E-state index in [1.807, 2.05) is 30.3 Å². The van der Waals surface area contributed by atoms with Crippen LogP contribution in [0.1, 0.15) is 19.3 Å². The number of aryl methyl sites for hydroxylation is 1. The molecule has 6 nitrogen and oxygen atoms in total. The highest BCUT2D eigenvalue weighted by molar-refractivity contribution is 5.52. The summed E-state index contributed by atoms with van der Waals surface area (Å²) >= 11 is 0. The molecule has 1 aliphatic heterocycles. The number of benzene rings is 2. The molecule has 3 aromatic rings. The summed E-state index contributed by atoms with van der Waals surface area (Å²) < 4.78 is 0. The number of tetrazole rings is 1. The van der Waals surface area contributed by atoms with Gasteiger partial charge in [0, 0.05) is 37.4 Å². The third kappa shape index (κ3) is 4.95. The minimum Gasteiger partial charge on any atom is -0.369 e. The van der Waals surface area contributed by atoms with E-state index in [4.69, 9.17) is 0 Å². The van der Waals surface area contributed by atoms with Gasteiger partial charge in [-0.3, -0.25) is 4.90 Å². The van der Waals surface area contributed by atoms with Crippen molar-refractivity contribution < 1.29 is 0 Å². The van der Waals surface area contributed by atoms with Crippen molar-refractivity contribution in [2.24, 2.45) is 0 Å². The second-order valence-corrected chi connectivity index (χ2v) is 7.30. The van der Waals surface area contributed by atoms with Crippen LogP contribution in [0.5, 0.6) is 0 Å². The molecular formula is C22H28N6. The molecule has 1 aliphatic rings. The third-order valence-corrected chi connectivity index (χ3v) is 5.31. The molecule has 28 heavy (non-hydrogen) atoms. The average Bonchev–Trinajstić information content (AvgIpc) is 3.24. The van der Waals surface area contributed by atoms with Gasteiger partial charge >= 0.3 is 0 Å². The van der Waals surface area contributed by atoms with Gasteiger partial charge in [0.25, 0.3) is 0 Å². The molecule has 0 saturated carbocycles. The molecule has 146 valence electrons. The van der Waals surface area contributed by atoms with E-state index >= 15 is 0 Å². The molecule has 2 heterocycles. The number of unbranched alkanes of at least 4 members (excludes halogenated alkanes) is 2. The minimum atomic E-state index is 0.705. The number of piperazine rings is 1. The Morgan fingerprint density at radius 1 is 0.714 bits per heavy atom. The van der Waals surface area contributed by atoms with Gasteiger partial charge in [0.05, 0.1) is 6.54 Å².